The molecule has 2 amide bonds. The first kappa shape index (κ1) is 15.5. The van der Waals surface area contributed by atoms with E-state index in [2.05, 4.69) is 12.2 Å². The van der Waals surface area contributed by atoms with E-state index in [0.717, 1.165) is 5.75 Å². The first-order valence-electron chi connectivity index (χ1n) is 6.65. The van der Waals surface area contributed by atoms with Crippen molar-refractivity contribution in [2.24, 2.45) is 0 Å². The zero-order chi connectivity index (χ0) is 15.6. The van der Waals surface area contributed by atoms with E-state index in [0.29, 0.717) is 17.5 Å². The van der Waals surface area contributed by atoms with Gasteiger partial charge in [0, 0.05) is 29.3 Å². The Kier molecular flexibility index (Phi) is 4.62. The fourth-order valence-electron chi connectivity index (χ4n) is 2.20. The molecule has 2 atom stereocenters. The number of rotatable bonds is 2. The van der Waals surface area contributed by atoms with Crippen molar-refractivity contribution in [2.45, 2.75) is 25.1 Å². The van der Waals surface area contributed by atoms with E-state index in [1.165, 1.54) is 18.2 Å². The summed E-state index contributed by atoms with van der Waals surface area (Å²) in [6.07, 6.45) is 0. The van der Waals surface area contributed by atoms with Gasteiger partial charge in [-0.25, -0.2) is 9.59 Å². The average Bonchev–Trinajstić information content (AvgIpc) is 2.43. The number of aromatic carboxylic acids is 1. The highest BCUT2D eigenvalue weighted by atomic mass is 32.2. The fraction of sp³-hybridized carbons (Fsp3) is 0.429. The molecule has 1 heterocycles. The highest BCUT2D eigenvalue weighted by Crippen LogP contribution is 2.26. The molecule has 1 aromatic rings. The number of hydrogen-bond acceptors (Lipinski definition) is 4. The Labute approximate surface area is 127 Å². The monoisotopic (exact) mass is 310 g/mol. The summed E-state index contributed by atoms with van der Waals surface area (Å²) in [5, 5.41) is 21.5. The van der Waals surface area contributed by atoms with Crippen LogP contribution in [-0.2, 0) is 0 Å². The minimum absolute atomic E-state index is 0.111. The first-order valence-corrected chi connectivity index (χ1v) is 7.70. The second-order valence-corrected chi connectivity index (χ2v) is 6.46. The van der Waals surface area contributed by atoms with Crippen molar-refractivity contribution >= 4 is 29.4 Å². The fourth-order valence-corrected chi connectivity index (χ4v) is 3.30. The number of amides is 2. The molecule has 0 spiro atoms. The molecule has 0 radical (unpaired) electrons. The van der Waals surface area contributed by atoms with Crippen LogP contribution in [0, 0.1) is 0 Å². The molecule has 2 unspecified atom stereocenters. The summed E-state index contributed by atoms with van der Waals surface area (Å²) in [7, 11) is 0. The molecule has 3 N–H and O–H groups in total. The van der Waals surface area contributed by atoms with E-state index in [1.54, 1.807) is 4.90 Å². The number of nitrogens with zero attached hydrogens (tertiary/aromatic N) is 1. The average molecular weight is 310 g/mol. The highest BCUT2D eigenvalue weighted by Gasteiger charge is 2.29. The Balaban J connectivity index is 2.12. The Hall–Kier alpha value is -1.89. The number of carbonyl (C=O) groups excluding carboxylic acids is 1. The molecule has 1 aliphatic rings. The summed E-state index contributed by atoms with van der Waals surface area (Å²) in [6, 6.07) is 3.85. The molecule has 0 aromatic heterocycles. The maximum atomic E-state index is 12.3. The minimum Gasteiger partial charge on any atom is -0.507 e. The van der Waals surface area contributed by atoms with Gasteiger partial charge in [-0.3, -0.25) is 0 Å². The van der Waals surface area contributed by atoms with Crippen LogP contribution in [0.1, 0.15) is 24.2 Å². The molecule has 0 bridgehead atoms. The number of carbonyl (C=O) groups is 2. The molecule has 21 heavy (non-hydrogen) atoms. The van der Waals surface area contributed by atoms with Crippen LogP contribution in [0.25, 0.3) is 0 Å². The predicted molar refractivity (Wildman–Crippen MR) is 82.2 cm³/mol. The topological polar surface area (TPSA) is 89.9 Å². The molecule has 1 aliphatic heterocycles. The molecule has 1 aromatic carbocycles. The number of aromatic hydroxyl groups is 1. The maximum absolute atomic E-state index is 12.3. The van der Waals surface area contributed by atoms with E-state index in [4.69, 9.17) is 5.11 Å². The van der Waals surface area contributed by atoms with Crippen molar-refractivity contribution in [3.8, 4) is 5.75 Å². The molecule has 2 rings (SSSR count). The number of anilines is 1. The highest BCUT2D eigenvalue weighted by molar-refractivity contribution is 8.00. The van der Waals surface area contributed by atoms with E-state index >= 15 is 0 Å². The third-order valence-electron chi connectivity index (χ3n) is 3.62. The third kappa shape index (κ3) is 3.41. The van der Waals surface area contributed by atoms with Crippen LogP contribution in [0.4, 0.5) is 10.5 Å². The lowest BCUT2D eigenvalue weighted by Crippen LogP contribution is -2.49. The molecular formula is C14H18N2O4S. The number of phenols is 1. The lowest BCUT2D eigenvalue weighted by Gasteiger charge is -2.37. The summed E-state index contributed by atoms with van der Waals surface area (Å²) in [5.74, 6) is -0.675. The summed E-state index contributed by atoms with van der Waals surface area (Å²) >= 11 is 1.83. The van der Waals surface area contributed by atoms with Crippen LogP contribution in [-0.4, -0.2) is 50.7 Å². The minimum atomic E-state index is -1.24. The maximum Gasteiger partial charge on any atom is 0.339 e. The molecule has 114 valence electrons. The molecule has 1 fully saturated rings. The van der Waals surface area contributed by atoms with Gasteiger partial charge >= 0.3 is 12.0 Å². The van der Waals surface area contributed by atoms with Gasteiger partial charge in [0.05, 0.1) is 0 Å². The molecule has 7 heteroatoms. The van der Waals surface area contributed by atoms with Crippen LogP contribution in [0.15, 0.2) is 18.2 Å². The zero-order valence-corrected chi connectivity index (χ0v) is 12.7. The number of hydrogen-bond donors (Lipinski definition) is 3. The van der Waals surface area contributed by atoms with E-state index in [-0.39, 0.29) is 23.4 Å². The number of carboxylic acid groups (broad SMARTS) is 1. The van der Waals surface area contributed by atoms with Gasteiger partial charge in [-0.2, -0.15) is 11.8 Å². The molecule has 0 aliphatic carbocycles. The van der Waals surface area contributed by atoms with Gasteiger partial charge in [0.15, 0.2) is 0 Å². The molecular weight excluding hydrogens is 292 g/mol. The number of carboxylic acids is 1. The number of thioether (sulfide) groups is 1. The van der Waals surface area contributed by atoms with Gasteiger partial charge in [-0.05, 0) is 25.1 Å². The van der Waals surface area contributed by atoms with E-state index < -0.39 is 5.97 Å². The number of nitrogens with one attached hydrogen (secondary N) is 1. The quantitative estimate of drug-likeness (QED) is 0.730. The predicted octanol–water partition coefficient (Wildman–Crippen LogP) is 2.45. The standard InChI is InChI=1S/C14H18N2O4S/c1-8-9(2)21-6-5-16(8)14(20)15-10-3-4-12(17)11(7-10)13(18)19/h3-4,7-9,17H,5-6H2,1-2H3,(H,15,20)(H,18,19). The second kappa shape index (κ2) is 6.26. The smallest absolute Gasteiger partial charge is 0.339 e. The van der Waals surface area contributed by atoms with Crippen molar-refractivity contribution < 1.29 is 19.8 Å². The normalized spacial score (nSPS) is 21.9. The first-order chi connectivity index (χ1) is 9.90. The van der Waals surface area contributed by atoms with Crippen LogP contribution >= 0.6 is 11.8 Å². The largest absolute Gasteiger partial charge is 0.507 e. The summed E-state index contributed by atoms with van der Waals surface area (Å²) in [5.41, 5.74) is 0.122. The van der Waals surface area contributed by atoms with Crippen molar-refractivity contribution in [1.82, 2.24) is 4.90 Å². The lowest BCUT2D eigenvalue weighted by atomic mass is 10.1. The lowest BCUT2D eigenvalue weighted by molar-refractivity contribution is 0.0693. The number of benzene rings is 1. The Morgan fingerprint density at radius 3 is 2.76 bits per heavy atom. The van der Waals surface area contributed by atoms with Crippen molar-refractivity contribution in [2.75, 3.05) is 17.6 Å². The van der Waals surface area contributed by atoms with Crippen LogP contribution in [0.5, 0.6) is 5.75 Å². The van der Waals surface area contributed by atoms with Crippen LogP contribution in [0.3, 0.4) is 0 Å². The van der Waals surface area contributed by atoms with Crippen molar-refractivity contribution in [3.05, 3.63) is 23.8 Å². The van der Waals surface area contributed by atoms with Gasteiger partial charge in [-0.15, -0.1) is 0 Å². The van der Waals surface area contributed by atoms with E-state index in [9.17, 15) is 14.7 Å². The Morgan fingerprint density at radius 2 is 2.10 bits per heavy atom. The van der Waals surface area contributed by atoms with Gasteiger partial charge in [-0.1, -0.05) is 6.92 Å². The third-order valence-corrected chi connectivity index (χ3v) is 4.96. The second-order valence-electron chi connectivity index (χ2n) is 4.98. The van der Waals surface area contributed by atoms with Crippen molar-refractivity contribution in [3.63, 3.8) is 0 Å². The van der Waals surface area contributed by atoms with Crippen molar-refractivity contribution in [1.29, 1.82) is 0 Å². The van der Waals surface area contributed by atoms with Crippen LogP contribution < -0.4 is 5.32 Å². The summed E-state index contributed by atoms with van der Waals surface area (Å²) < 4.78 is 0. The summed E-state index contributed by atoms with van der Waals surface area (Å²) in [4.78, 5) is 25.0. The Morgan fingerprint density at radius 1 is 1.38 bits per heavy atom. The Bertz CT molecular complexity index is 564. The SMILES string of the molecule is CC1SCCN(C(=O)Nc2ccc(O)c(C(=O)O)c2)C1C. The summed E-state index contributed by atoms with van der Waals surface area (Å²) in [6.45, 7) is 4.74. The van der Waals surface area contributed by atoms with Gasteiger partial charge < -0.3 is 20.4 Å². The molecule has 1 saturated heterocycles. The zero-order valence-electron chi connectivity index (χ0n) is 11.9. The van der Waals surface area contributed by atoms with E-state index in [1.807, 2.05) is 18.7 Å². The van der Waals surface area contributed by atoms with Gasteiger partial charge in [0.2, 0.25) is 0 Å². The van der Waals surface area contributed by atoms with Gasteiger partial charge in [0.1, 0.15) is 11.3 Å². The van der Waals surface area contributed by atoms with Gasteiger partial charge in [0.25, 0.3) is 0 Å². The number of urea groups is 1. The molecule has 0 saturated carbocycles. The van der Waals surface area contributed by atoms with Crippen LogP contribution in [0.2, 0.25) is 0 Å². The molecule has 6 nitrogen and oxygen atoms in total.